The molecule has 1 N–H and O–H groups in total. The average Bonchev–Trinajstić information content (AvgIpc) is 2.90. The molecule has 0 bridgehead atoms. The maximum Gasteiger partial charge on any atom is 0.294 e. The Morgan fingerprint density at radius 2 is 2.04 bits per heavy atom. The third-order valence-corrected chi connectivity index (χ3v) is 5.71. The van der Waals surface area contributed by atoms with Crippen LogP contribution in [-0.2, 0) is 9.59 Å². The fourth-order valence-corrected chi connectivity index (χ4v) is 3.92. The molecule has 0 saturated carbocycles. The van der Waals surface area contributed by atoms with Gasteiger partial charge in [0, 0.05) is 13.1 Å². The van der Waals surface area contributed by atoms with E-state index >= 15 is 0 Å². The van der Waals surface area contributed by atoms with E-state index in [1.54, 1.807) is 17.0 Å². The maximum atomic E-state index is 12.6. The lowest BCUT2D eigenvalue weighted by Crippen LogP contribution is -2.45. The second kappa shape index (κ2) is 8.04. The molecule has 8 heteroatoms. The number of imide groups is 1. The largest absolute Gasteiger partial charge is 0.504 e. The minimum atomic E-state index is -0.487. The molecule has 0 spiro atoms. The number of aromatic hydroxyl groups is 1. The minimum Gasteiger partial charge on any atom is -0.504 e. The summed E-state index contributed by atoms with van der Waals surface area (Å²) in [4.78, 5) is 40.1. The van der Waals surface area contributed by atoms with Crippen molar-refractivity contribution in [2.45, 2.75) is 19.8 Å². The van der Waals surface area contributed by atoms with Gasteiger partial charge in [0.25, 0.3) is 11.1 Å². The number of nitrogens with zero attached hydrogens (tertiary/aromatic N) is 2. The van der Waals surface area contributed by atoms with Crippen LogP contribution < -0.4 is 4.74 Å². The molecule has 1 aromatic carbocycles. The second-order valence-electron chi connectivity index (χ2n) is 6.76. The number of ether oxygens (including phenoxy) is 1. The van der Waals surface area contributed by atoms with Crippen molar-refractivity contribution >= 4 is 34.9 Å². The summed E-state index contributed by atoms with van der Waals surface area (Å²) >= 11 is 0.796. The number of hydrogen-bond acceptors (Lipinski definition) is 6. The normalized spacial score (nSPS) is 19.9. The molecule has 0 aliphatic carbocycles. The molecule has 2 aliphatic heterocycles. The molecule has 0 aromatic heterocycles. The molecule has 2 heterocycles. The van der Waals surface area contributed by atoms with E-state index in [-0.39, 0.29) is 23.1 Å². The van der Waals surface area contributed by atoms with Crippen molar-refractivity contribution in [3.63, 3.8) is 0 Å². The van der Waals surface area contributed by atoms with Crippen LogP contribution in [-0.4, -0.2) is 58.7 Å². The summed E-state index contributed by atoms with van der Waals surface area (Å²) < 4.78 is 4.99. The number of hydrogen-bond donors (Lipinski definition) is 1. The first-order valence-electron chi connectivity index (χ1n) is 8.79. The summed E-state index contributed by atoms with van der Waals surface area (Å²) in [6.07, 6.45) is 3.40. The fraction of sp³-hybridized carbons (Fsp3) is 0.421. The quantitative estimate of drug-likeness (QED) is 0.796. The zero-order valence-electron chi connectivity index (χ0n) is 15.3. The number of amides is 3. The average molecular weight is 390 g/mol. The van der Waals surface area contributed by atoms with Crippen LogP contribution in [0.3, 0.4) is 0 Å². The first-order chi connectivity index (χ1) is 12.9. The van der Waals surface area contributed by atoms with Gasteiger partial charge in [0.05, 0.1) is 12.0 Å². The Kier molecular flexibility index (Phi) is 5.74. The van der Waals surface area contributed by atoms with Gasteiger partial charge >= 0.3 is 0 Å². The van der Waals surface area contributed by atoms with Crippen LogP contribution in [0.4, 0.5) is 4.79 Å². The number of benzene rings is 1. The summed E-state index contributed by atoms with van der Waals surface area (Å²) in [6, 6.07) is 4.70. The number of carbonyl (C=O) groups excluding carboxylic acids is 3. The molecular formula is C19H22N2O5S. The Hall–Kier alpha value is -2.48. The van der Waals surface area contributed by atoms with Gasteiger partial charge in [-0.3, -0.25) is 19.3 Å². The van der Waals surface area contributed by atoms with Gasteiger partial charge in [0.2, 0.25) is 5.91 Å². The number of carbonyl (C=O) groups is 3. The lowest BCUT2D eigenvalue weighted by Gasteiger charge is -2.31. The van der Waals surface area contributed by atoms with Crippen molar-refractivity contribution in [3.05, 3.63) is 28.7 Å². The van der Waals surface area contributed by atoms with Crippen LogP contribution in [0.2, 0.25) is 0 Å². The molecule has 27 heavy (non-hydrogen) atoms. The highest BCUT2D eigenvalue weighted by atomic mass is 32.2. The van der Waals surface area contributed by atoms with E-state index in [1.165, 1.54) is 19.3 Å². The Morgan fingerprint density at radius 3 is 2.67 bits per heavy atom. The molecule has 144 valence electrons. The molecule has 7 nitrogen and oxygen atoms in total. The molecule has 2 fully saturated rings. The number of phenols is 1. The van der Waals surface area contributed by atoms with E-state index in [9.17, 15) is 19.5 Å². The second-order valence-corrected chi connectivity index (χ2v) is 7.76. The highest BCUT2D eigenvalue weighted by Crippen LogP contribution is 2.34. The van der Waals surface area contributed by atoms with Gasteiger partial charge in [0.1, 0.15) is 6.54 Å². The molecular weight excluding hydrogens is 368 g/mol. The van der Waals surface area contributed by atoms with Gasteiger partial charge in [-0.1, -0.05) is 13.0 Å². The summed E-state index contributed by atoms with van der Waals surface area (Å²) in [5, 5.41) is 9.39. The molecule has 0 atom stereocenters. The van der Waals surface area contributed by atoms with Gasteiger partial charge in [0.15, 0.2) is 11.5 Å². The van der Waals surface area contributed by atoms with Crippen LogP contribution in [0, 0.1) is 5.92 Å². The van der Waals surface area contributed by atoms with Crippen LogP contribution in [0.5, 0.6) is 11.5 Å². The number of thioether (sulfide) groups is 1. The van der Waals surface area contributed by atoms with Crippen molar-refractivity contribution in [2.24, 2.45) is 5.92 Å². The highest BCUT2D eigenvalue weighted by Gasteiger charge is 2.37. The van der Waals surface area contributed by atoms with Crippen LogP contribution >= 0.6 is 11.8 Å². The molecule has 0 radical (unpaired) electrons. The monoisotopic (exact) mass is 390 g/mol. The summed E-state index contributed by atoms with van der Waals surface area (Å²) in [7, 11) is 1.44. The standard InChI is InChI=1S/C19H22N2O5S/c1-12-5-7-20(8-6-12)17(23)11-21-18(24)16(27-19(21)25)10-13-3-4-15(26-2)14(22)9-13/h3-4,9-10,12,22H,5-8,11H2,1-2H3/b16-10+. The van der Waals surface area contributed by atoms with Gasteiger partial charge in [-0.25, -0.2) is 0 Å². The zero-order chi connectivity index (χ0) is 19.6. The predicted molar refractivity (Wildman–Crippen MR) is 102 cm³/mol. The number of rotatable bonds is 4. The lowest BCUT2D eigenvalue weighted by molar-refractivity contribution is -0.136. The first kappa shape index (κ1) is 19.3. The van der Waals surface area contributed by atoms with E-state index in [0.717, 1.165) is 29.5 Å². The van der Waals surface area contributed by atoms with E-state index in [4.69, 9.17) is 4.74 Å². The number of piperidine rings is 1. The van der Waals surface area contributed by atoms with Crippen LogP contribution in [0.25, 0.3) is 6.08 Å². The number of likely N-dealkylation sites (tertiary alicyclic amines) is 1. The molecule has 2 saturated heterocycles. The van der Waals surface area contributed by atoms with Crippen LogP contribution in [0.15, 0.2) is 23.1 Å². The third kappa shape index (κ3) is 4.27. The molecule has 1 aromatic rings. The van der Waals surface area contributed by atoms with E-state index in [1.807, 2.05) is 0 Å². The molecule has 3 amide bonds. The predicted octanol–water partition coefficient (Wildman–Crippen LogP) is 2.70. The zero-order valence-corrected chi connectivity index (χ0v) is 16.1. The van der Waals surface area contributed by atoms with Crippen molar-refractivity contribution in [1.82, 2.24) is 9.80 Å². The Morgan fingerprint density at radius 1 is 1.33 bits per heavy atom. The molecule has 0 unspecified atom stereocenters. The SMILES string of the molecule is COc1ccc(/C=C2/SC(=O)N(CC(=O)N3CCC(C)CC3)C2=O)cc1O. The minimum absolute atomic E-state index is 0.0556. The van der Waals surface area contributed by atoms with Gasteiger partial charge < -0.3 is 14.7 Å². The third-order valence-electron chi connectivity index (χ3n) is 4.80. The fourth-order valence-electron chi connectivity index (χ4n) is 3.08. The van der Waals surface area contributed by atoms with Crippen molar-refractivity contribution in [2.75, 3.05) is 26.7 Å². The van der Waals surface area contributed by atoms with Crippen molar-refractivity contribution in [3.8, 4) is 11.5 Å². The molecule has 3 rings (SSSR count). The molecule has 2 aliphatic rings. The van der Waals surface area contributed by atoms with E-state index in [2.05, 4.69) is 6.92 Å². The van der Waals surface area contributed by atoms with Gasteiger partial charge in [-0.15, -0.1) is 0 Å². The maximum absolute atomic E-state index is 12.6. The number of methoxy groups -OCH3 is 1. The van der Waals surface area contributed by atoms with Crippen molar-refractivity contribution < 1.29 is 24.2 Å². The Bertz CT molecular complexity index is 799. The Labute approximate surface area is 162 Å². The number of phenolic OH excluding ortho intramolecular Hbond substituents is 1. The van der Waals surface area contributed by atoms with Crippen LogP contribution in [0.1, 0.15) is 25.3 Å². The van der Waals surface area contributed by atoms with Crippen molar-refractivity contribution in [1.29, 1.82) is 0 Å². The van der Waals surface area contributed by atoms with Gasteiger partial charge in [-0.2, -0.15) is 0 Å². The summed E-state index contributed by atoms with van der Waals surface area (Å²) in [5.74, 6) is 0.170. The topological polar surface area (TPSA) is 87.2 Å². The highest BCUT2D eigenvalue weighted by molar-refractivity contribution is 8.18. The Balaban J connectivity index is 1.69. The van der Waals surface area contributed by atoms with E-state index in [0.29, 0.717) is 30.3 Å². The summed E-state index contributed by atoms with van der Waals surface area (Å²) in [6.45, 7) is 3.25. The lowest BCUT2D eigenvalue weighted by atomic mass is 9.99. The summed E-state index contributed by atoms with van der Waals surface area (Å²) in [5.41, 5.74) is 0.565. The first-order valence-corrected chi connectivity index (χ1v) is 9.61. The van der Waals surface area contributed by atoms with Gasteiger partial charge in [-0.05, 0) is 54.3 Å². The van der Waals surface area contributed by atoms with E-state index < -0.39 is 11.1 Å². The smallest absolute Gasteiger partial charge is 0.294 e.